The lowest BCUT2D eigenvalue weighted by atomic mass is 10.0. The van der Waals surface area contributed by atoms with Crippen LogP contribution in [0.3, 0.4) is 0 Å². The maximum Gasteiger partial charge on any atom is 0.330 e. The molecule has 2 N–H and O–H groups in total. The minimum atomic E-state index is -1.48. The molecule has 1 aromatic rings. The molecule has 5 heteroatoms. The summed E-state index contributed by atoms with van der Waals surface area (Å²) < 4.78 is 17.4. The molecular weight excluding hydrogens is 201 g/mol. The van der Waals surface area contributed by atoms with Gasteiger partial charge < -0.3 is 10.5 Å². The van der Waals surface area contributed by atoms with Crippen LogP contribution in [0.4, 0.5) is 4.39 Å². The highest BCUT2D eigenvalue weighted by Crippen LogP contribution is 2.09. The molecule has 0 aliphatic heterocycles. The van der Waals surface area contributed by atoms with Crippen LogP contribution in [0.15, 0.2) is 24.3 Å². The molecule has 15 heavy (non-hydrogen) atoms. The van der Waals surface area contributed by atoms with Crippen molar-refractivity contribution >= 4 is 11.8 Å². The summed E-state index contributed by atoms with van der Waals surface area (Å²) >= 11 is 0. The van der Waals surface area contributed by atoms with E-state index in [1.165, 1.54) is 18.2 Å². The van der Waals surface area contributed by atoms with Crippen LogP contribution in [0.5, 0.6) is 0 Å². The highest BCUT2D eigenvalue weighted by Gasteiger charge is 2.25. The van der Waals surface area contributed by atoms with Crippen molar-refractivity contribution in [3.05, 3.63) is 35.6 Å². The summed E-state index contributed by atoms with van der Waals surface area (Å²) in [6.45, 7) is 0. The molecule has 1 unspecified atom stereocenters. The molecule has 0 aliphatic rings. The highest BCUT2D eigenvalue weighted by atomic mass is 19.1. The Morgan fingerprint density at radius 1 is 1.40 bits per heavy atom. The lowest BCUT2D eigenvalue weighted by Gasteiger charge is -2.08. The molecule has 0 saturated heterocycles. The molecular formula is C10H10FNO3. The maximum atomic E-state index is 13.1. The number of carbonyl (C=O) groups is 2. The van der Waals surface area contributed by atoms with Crippen molar-refractivity contribution in [1.29, 1.82) is 0 Å². The van der Waals surface area contributed by atoms with Crippen LogP contribution in [0.25, 0.3) is 0 Å². The van der Waals surface area contributed by atoms with Crippen molar-refractivity contribution in [3.63, 3.8) is 0 Å². The number of hydrogen-bond donors (Lipinski definition) is 1. The molecule has 80 valence electrons. The quantitative estimate of drug-likeness (QED) is 0.449. The van der Waals surface area contributed by atoms with Gasteiger partial charge in [-0.2, -0.15) is 0 Å². The first kappa shape index (κ1) is 11.3. The largest absolute Gasteiger partial charge is 0.468 e. The second-order valence-corrected chi connectivity index (χ2v) is 2.84. The number of hydrogen-bond acceptors (Lipinski definition) is 4. The van der Waals surface area contributed by atoms with Gasteiger partial charge in [0.2, 0.25) is 0 Å². The number of halogens is 1. The number of rotatable bonds is 3. The fourth-order valence-corrected chi connectivity index (χ4v) is 1.06. The SMILES string of the molecule is COC(=O)C(N)C(=O)c1ccccc1F. The van der Waals surface area contributed by atoms with Crippen LogP contribution in [-0.2, 0) is 9.53 Å². The van der Waals surface area contributed by atoms with Gasteiger partial charge >= 0.3 is 5.97 Å². The van der Waals surface area contributed by atoms with E-state index < -0.39 is 23.6 Å². The summed E-state index contributed by atoms with van der Waals surface area (Å²) in [4.78, 5) is 22.4. The van der Waals surface area contributed by atoms with Gasteiger partial charge in [-0.15, -0.1) is 0 Å². The number of methoxy groups -OCH3 is 1. The molecule has 0 bridgehead atoms. The molecule has 0 heterocycles. The van der Waals surface area contributed by atoms with Crippen molar-refractivity contribution in [2.24, 2.45) is 5.73 Å². The van der Waals surface area contributed by atoms with Gasteiger partial charge in [-0.1, -0.05) is 12.1 Å². The average molecular weight is 211 g/mol. The van der Waals surface area contributed by atoms with Gasteiger partial charge in [-0.25, -0.2) is 9.18 Å². The highest BCUT2D eigenvalue weighted by molar-refractivity contribution is 6.11. The third kappa shape index (κ3) is 2.38. The third-order valence-electron chi connectivity index (χ3n) is 1.88. The van der Waals surface area contributed by atoms with Crippen molar-refractivity contribution < 1.29 is 18.7 Å². The zero-order chi connectivity index (χ0) is 11.4. The normalized spacial score (nSPS) is 11.9. The van der Waals surface area contributed by atoms with Crippen LogP contribution in [0.2, 0.25) is 0 Å². The Labute approximate surface area is 85.8 Å². The topological polar surface area (TPSA) is 69.4 Å². The third-order valence-corrected chi connectivity index (χ3v) is 1.88. The number of Topliss-reactive ketones (excluding diaryl/α,β-unsaturated/α-hetero) is 1. The van der Waals surface area contributed by atoms with E-state index in [1.807, 2.05) is 0 Å². The van der Waals surface area contributed by atoms with Crippen molar-refractivity contribution in [1.82, 2.24) is 0 Å². The van der Waals surface area contributed by atoms with Gasteiger partial charge in [-0.05, 0) is 12.1 Å². The molecule has 1 atom stereocenters. The Balaban J connectivity index is 2.95. The summed E-state index contributed by atoms with van der Waals surface area (Å²) in [7, 11) is 1.11. The van der Waals surface area contributed by atoms with Gasteiger partial charge in [0.25, 0.3) is 0 Å². The van der Waals surface area contributed by atoms with E-state index in [-0.39, 0.29) is 5.56 Å². The molecule has 0 fully saturated rings. The summed E-state index contributed by atoms with van der Waals surface area (Å²) in [5.41, 5.74) is 5.07. The molecule has 0 aromatic heterocycles. The van der Waals surface area contributed by atoms with E-state index in [9.17, 15) is 14.0 Å². The summed E-state index contributed by atoms with van der Waals surface area (Å²) in [5, 5.41) is 0. The standard InChI is InChI=1S/C10H10FNO3/c1-15-10(14)8(12)9(13)6-4-2-3-5-7(6)11/h2-5,8H,12H2,1H3. The Morgan fingerprint density at radius 2 is 2.00 bits per heavy atom. The van der Waals surface area contributed by atoms with Gasteiger partial charge in [-0.3, -0.25) is 4.79 Å². The number of ether oxygens (including phenoxy) is 1. The molecule has 0 aliphatic carbocycles. The number of benzene rings is 1. The van der Waals surface area contributed by atoms with Crippen LogP contribution < -0.4 is 5.73 Å². The fraction of sp³-hybridized carbons (Fsp3) is 0.200. The Morgan fingerprint density at radius 3 is 2.53 bits per heavy atom. The second-order valence-electron chi connectivity index (χ2n) is 2.84. The smallest absolute Gasteiger partial charge is 0.330 e. The Kier molecular flexibility index (Phi) is 3.51. The first-order valence-corrected chi connectivity index (χ1v) is 4.20. The molecule has 0 amide bonds. The van der Waals surface area contributed by atoms with E-state index in [2.05, 4.69) is 4.74 Å². The molecule has 1 rings (SSSR count). The van der Waals surface area contributed by atoms with Gasteiger partial charge in [0.05, 0.1) is 12.7 Å². The predicted molar refractivity (Wildman–Crippen MR) is 50.7 cm³/mol. The number of ketones is 1. The molecule has 0 radical (unpaired) electrons. The van der Waals surface area contributed by atoms with Gasteiger partial charge in [0, 0.05) is 0 Å². The molecule has 4 nitrogen and oxygen atoms in total. The first-order chi connectivity index (χ1) is 7.07. The van der Waals surface area contributed by atoms with E-state index in [1.54, 1.807) is 0 Å². The van der Waals surface area contributed by atoms with Crippen LogP contribution in [-0.4, -0.2) is 24.9 Å². The minimum Gasteiger partial charge on any atom is -0.468 e. The molecule has 1 aromatic carbocycles. The average Bonchev–Trinajstić information content (AvgIpc) is 2.26. The lowest BCUT2D eigenvalue weighted by Crippen LogP contribution is -2.39. The molecule has 0 saturated carbocycles. The van der Waals surface area contributed by atoms with Gasteiger partial charge in [0.15, 0.2) is 11.8 Å². The van der Waals surface area contributed by atoms with E-state index in [4.69, 9.17) is 5.73 Å². The zero-order valence-corrected chi connectivity index (χ0v) is 8.07. The first-order valence-electron chi connectivity index (χ1n) is 4.20. The predicted octanol–water partition coefficient (Wildman–Crippen LogP) is 0.509. The molecule has 0 spiro atoms. The van der Waals surface area contributed by atoms with Crippen molar-refractivity contribution in [3.8, 4) is 0 Å². The summed E-state index contributed by atoms with van der Waals surface area (Å²) in [6, 6.07) is 3.83. The summed E-state index contributed by atoms with van der Waals surface area (Å²) in [6.07, 6.45) is 0. The van der Waals surface area contributed by atoms with Crippen LogP contribution in [0, 0.1) is 5.82 Å². The number of nitrogens with two attached hydrogens (primary N) is 1. The van der Waals surface area contributed by atoms with Crippen molar-refractivity contribution in [2.45, 2.75) is 6.04 Å². The van der Waals surface area contributed by atoms with E-state index in [0.717, 1.165) is 13.2 Å². The summed E-state index contributed by atoms with van der Waals surface area (Å²) in [5.74, 6) is -2.38. The Bertz CT molecular complexity index is 392. The fourth-order valence-electron chi connectivity index (χ4n) is 1.06. The monoisotopic (exact) mass is 211 g/mol. The van der Waals surface area contributed by atoms with E-state index in [0.29, 0.717) is 0 Å². The lowest BCUT2D eigenvalue weighted by molar-refractivity contribution is -0.140. The van der Waals surface area contributed by atoms with Crippen LogP contribution >= 0.6 is 0 Å². The minimum absolute atomic E-state index is 0.213. The second kappa shape index (κ2) is 4.65. The number of carbonyl (C=O) groups excluding carboxylic acids is 2. The zero-order valence-electron chi connectivity index (χ0n) is 8.07. The van der Waals surface area contributed by atoms with E-state index >= 15 is 0 Å². The number of esters is 1. The van der Waals surface area contributed by atoms with Crippen LogP contribution in [0.1, 0.15) is 10.4 Å². The maximum absolute atomic E-state index is 13.1. The van der Waals surface area contributed by atoms with Gasteiger partial charge in [0.1, 0.15) is 5.82 Å². The Hall–Kier alpha value is -1.75. The van der Waals surface area contributed by atoms with Crippen molar-refractivity contribution in [2.75, 3.05) is 7.11 Å².